The van der Waals surface area contributed by atoms with E-state index in [-0.39, 0.29) is 22.8 Å². The van der Waals surface area contributed by atoms with Crippen molar-refractivity contribution in [3.05, 3.63) is 59.7 Å². The molecule has 0 aliphatic carbocycles. The van der Waals surface area contributed by atoms with Crippen LogP contribution in [-0.2, 0) is 0 Å². The first-order valence-electron chi connectivity index (χ1n) is 5.73. The molecule has 5 nitrogen and oxygen atoms in total. The zero-order chi connectivity index (χ0) is 15.1. The van der Waals surface area contributed by atoms with Gasteiger partial charge in [0.1, 0.15) is 11.5 Å². The normalized spacial score (nSPS) is 9.25. The first-order valence-corrected chi connectivity index (χ1v) is 5.73. The SMILES string of the molecule is CC(=O)c1ccc(O)cc1O.O=C(O)c1ccccc1. The molecule has 5 heteroatoms. The van der Waals surface area contributed by atoms with Crippen molar-refractivity contribution in [3.8, 4) is 11.5 Å². The Morgan fingerprint density at radius 1 is 0.950 bits per heavy atom. The van der Waals surface area contributed by atoms with E-state index in [1.165, 1.54) is 19.1 Å². The van der Waals surface area contributed by atoms with E-state index in [4.69, 9.17) is 15.3 Å². The van der Waals surface area contributed by atoms with Gasteiger partial charge in [-0.3, -0.25) is 4.79 Å². The third-order valence-electron chi connectivity index (χ3n) is 2.38. The molecule has 0 bridgehead atoms. The third kappa shape index (κ3) is 4.45. The number of hydrogen-bond donors (Lipinski definition) is 3. The van der Waals surface area contributed by atoms with Crippen LogP contribution in [0.3, 0.4) is 0 Å². The highest BCUT2D eigenvalue weighted by molar-refractivity contribution is 5.96. The fraction of sp³-hybridized carbons (Fsp3) is 0.0667. The molecule has 0 saturated carbocycles. The number of hydrogen-bond acceptors (Lipinski definition) is 4. The van der Waals surface area contributed by atoms with Crippen molar-refractivity contribution < 1.29 is 24.9 Å². The van der Waals surface area contributed by atoms with Crippen LogP contribution in [0.2, 0.25) is 0 Å². The highest BCUT2D eigenvalue weighted by Crippen LogP contribution is 2.22. The molecular weight excluding hydrogens is 260 g/mol. The standard InChI is InChI=1S/C8H8O3.C7H6O2/c1-5(9)7-3-2-6(10)4-8(7)11;8-7(9)6-4-2-1-3-5-6/h2-4,10-11H,1H3;1-5H,(H,8,9). The Bertz CT molecular complexity index is 605. The largest absolute Gasteiger partial charge is 0.508 e. The molecule has 0 heterocycles. The van der Waals surface area contributed by atoms with Gasteiger partial charge in [-0.25, -0.2) is 4.79 Å². The molecule has 0 aromatic heterocycles. The number of aromatic carboxylic acids is 1. The molecule has 20 heavy (non-hydrogen) atoms. The Hall–Kier alpha value is -2.82. The number of carbonyl (C=O) groups is 2. The average molecular weight is 274 g/mol. The van der Waals surface area contributed by atoms with Crippen molar-refractivity contribution in [1.82, 2.24) is 0 Å². The van der Waals surface area contributed by atoms with Crippen LogP contribution in [-0.4, -0.2) is 27.1 Å². The lowest BCUT2D eigenvalue weighted by molar-refractivity contribution is 0.0696. The van der Waals surface area contributed by atoms with Gasteiger partial charge in [0.05, 0.1) is 11.1 Å². The summed E-state index contributed by atoms with van der Waals surface area (Å²) in [5, 5.41) is 26.3. The van der Waals surface area contributed by atoms with Crippen molar-refractivity contribution in [2.75, 3.05) is 0 Å². The predicted octanol–water partition coefficient (Wildman–Crippen LogP) is 2.69. The number of carboxylic acid groups (broad SMARTS) is 1. The summed E-state index contributed by atoms with van der Waals surface area (Å²) in [5.74, 6) is -1.33. The highest BCUT2D eigenvalue weighted by atomic mass is 16.4. The minimum atomic E-state index is -0.879. The summed E-state index contributed by atoms with van der Waals surface area (Å²) in [7, 11) is 0. The lowest BCUT2D eigenvalue weighted by atomic mass is 10.1. The van der Waals surface area contributed by atoms with Gasteiger partial charge in [-0.05, 0) is 31.2 Å². The van der Waals surface area contributed by atoms with Gasteiger partial charge in [-0.15, -0.1) is 0 Å². The van der Waals surface area contributed by atoms with E-state index in [1.807, 2.05) is 0 Å². The Labute approximate surface area is 115 Å². The second-order valence-corrected chi connectivity index (χ2v) is 3.93. The molecule has 0 saturated heterocycles. The van der Waals surface area contributed by atoms with Gasteiger partial charge in [0, 0.05) is 6.07 Å². The fourth-order valence-corrected chi connectivity index (χ4v) is 1.40. The van der Waals surface area contributed by atoms with Crippen molar-refractivity contribution in [2.45, 2.75) is 6.92 Å². The highest BCUT2D eigenvalue weighted by Gasteiger charge is 2.05. The van der Waals surface area contributed by atoms with Crippen molar-refractivity contribution in [1.29, 1.82) is 0 Å². The molecule has 0 fully saturated rings. The summed E-state index contributed by atoms with van der Waals surface area (Å²) < 4.78 is 0. The summed E-state index contributed by atoms with van der Waals surface area (Å²) in [5.41, 5.74) is 0.556. The molecule has 3 N–H and O–H groups in total. The molecule has 2 rings (SSSR count). The van der Waals surface area contributed by atoms with E-state index in [0.717, 1.165) is 6.07 Å². The second kappa shape index (κ2) is 6.94. The topological polar surface area (TPSA) is 94.8 Å². The molecule has 0 radical (unpaired) electrons. The number of carbonyl (C=O) groups excluding carboxylic acids is 1. The van der Waals surface area contributed by atoms with Crippen LogP contribution in [0, 0.1) is 0 Å². The van der Waals surface area contributed by atoms with E-state index in [9.17, 15) is 9.59 Å². The van der Waals surface area contributed by atoms with E-state index >= 15 is 0 Å². The third-order valence-corrected chi connectivity index (χ3v) is 2.38. The maximum Gasteiger partial charge on any atom is 0.335 e. The van der Waals surface area contributed by atoms with E-state index in [2.05, 4.69) is 0 Å². The molecule has 0 amide bonds. The molecule has 0 spiro atoms. The Balaban J connectivity index is 0.000000204. The summed E-state index contributed by atoms with van der Waals surface area (Å²) in [6.45, 7) is 1.35. The Kier molecular flexibility index (Phi) is 5.29. The second-order valence-electron chi connectivity index (χ2n) is 3.93. The smallest absolute Gasteiger partial charge is 0.335 e. The maximum absolute atomic E-state index is 10.7. The molecule has 0 atom stereocenters. The van der Waals surface area contributed by atoms with Gasteiger partial charge < -0.3 is 15.3 Å². The summed E-state index contributed by atoms with van der Waals surface area (Å²) in [4.78, 5) is 20.9. The van der Waals surface area contributed by atoms with Gasteiger partial charge in [0.15, 0.2) is 5.78 Å². The number of ketones is 1. The van der Waals surface area contributed by atoms with Crippen molar-refractivity contribution in [3.63, 3.8) is 0 Å². The molecule has 2 aromatic rings. The predicted molar refractivity (Wildman–Crippen MR) is 73.2 cm³/mol. The first kappa shape index (κ1) is 15.2. The van der Waals surface area contributed by atoms with Crippen LogP contribution >= 0.6 is 0 Å². The van der Waals surface area contributed by atoms with E-state index in [1.54, 1.807) is 30.3 Å². The van der Waals surface area contributed by atoms with Crippen molar-refractivity contribution in [2.24, 2.45) is 0 Å². The van der Waals surface area contributed by atoms with Gasteiger partial charge in [0.25, 0.3) is 0 Å². The minimum absolute atomic E-state index is 0.0486. The number of phenolic OH excluding ortho intramolecular Hbond substituents is 2. The zero-order valence-electron chi connectivity index (χ0n) is 10.8. The number of rotatable bonds is 2. The number of carboxylic acids is 1. The average Bonchev–Trinajstić information content (AvgIpc) is 2.40. The Morgan fingerprint density at radius 2 is 1.55 bits per heavy atom. The van der Waals surface area contributed by atoms with Crippen LogP contribution in [0.4, 0.5) is 0 Å². The lowest BCUT2D eigenvalue weighted by Gasteiger charge is -1.99. The van der Waals surface area contributed by atoms with Gasteiger partial charge >= 0.3 is 5.97 Å². The fourth-order valence-electron chi connectivity index (χ4n) is 1.40. The summed E-state index contributed by atoms with van der Waals surface area (Å²) in [6.07, 6.45) is 0. The number of Topliss-reactive ketones (excluding diaryl/α,β-unsaturated/α-hetero) is 1. The van der Waals surface area contributed by atoms with Gasteiger partial charge in [-0.2, -0.15) is 0 Å². The monoisotopic (exact) mass is 274 g/mol. The molecule has 0 aliphatic heterocycles. The summed E-state index contributed by atoms with van der Waals surface area (Å²) >= 11 is 0. The minimum Gasteiger partial charge on any atom is -0.508 e. The van der Waals surface area contributed by atoms with E-state index in [0.29, 0.717) is 5.56 Å². The van der Waals surface area contributed by atoms with Crippen LogP contribution in [0.25, 0.3) is 0 Å². The van der Waals surface area contributed by atoms with Crippen LogP contribution < -0.4 is 0 Å². The van der Waals surface area contributed by atoms with Crippen LogP contribution in [0.1, 0.15) is 27.6 Å². The summed E-state index contributed by atoms with van der Waals surface area (Å²) in [6, 6.07) is 12.2. The van der Waals surface area contributed by atoms with Gasteiger partial charge in [-0.1, -0.05) is 18.2 Å². The molecule has 104 valence electrons. The number of benzene rings is 2. The quantitative estimate of drug-likeness (QED) is 0.732. The molecular formula is C15H14O5. The van der Waals surface area contributed by atoms with Gasteiger partial charge in [0.2, 0.25) is 0 Å². The molecule has 0 aliphatic rings. The first-order chi connectivity index (χ1) is 9.41. The lowest BCUT2D eigenvalue weighted by Crippen LogP contribution is -1.93. The molecule has 2 aromatic carbocycles. The maximum atomic E-state index is 10.7. The van der Waals surface area contributed by atoms with Crippen LogP contribution in [0.15, 0.2) is 48.5 Å². The van der Waals surface area contributed by atoms with Crippen molar-refractivity contribution >= 4 is 11.8 Å². The van der Waals surface area contributed by atoms with E-state index < -0.39 is 5.97 Å². The zero-order valence-corrected chi connectivity index (χ0v) is 10.8. The number of aromatic hydroxyl groups is 2. The van der Waals surface area contributed by atoms with Crippen LogP contribution in [0.5, 0.6) is 11.5 Å². The molecule has 0 unspecified atom stereocenters. The Morgan fingerprint density at radius 3 is 1.95 bits per heavy atom. The number of phenols is 2.